The highest BCUT2D eigenvalue weighted by Crippen LogP contribution is 2.45. The number of alkyl halides is 2. The first-order valence-electron chi connectivity index (χ1n) is 7.61. The number of nitrogens with zero attached hydrogens (tertiary/aromatic N) is 1. The molecule has 1 fully saturated rings. The largest absolute Gasteiger partial charge is 0.586 e. The van der Waals surface area contributed by atoms with Gasteiger partial charge in [-0.15, -0.1) is 8.78 Å². The van der Waals surface area contributed by atoms with Crippen molar-refractivity contribution >= 4 is 0 Å². The van der Waals surface area contributed by atoms with Crippen molar-refractivity contribution in [2.45, 2.75) is 33.1 Å². The van der Waals surface area contributed by atoms with Gasteiger partial charge in [-0.3, -0.25) is 4.90 Å². The van der Waals surface area contributed by atoms with Crippen LogP contribution in [0.1, 0.15) is 32.4 Å². The molecule has 6 heteroatoms. The maximum Gasteiger partial charge on any atom is 0.586 e. The molecule has 1 atom stereocenters. The Morgan fingerprint density at radius 3 is 2.41 bits per heavy atom. The van der Waals surface area contributed by atoms with Crippen molar-refractivity contribution in [3.05, 3.63) is 23.8 Å². The van der Waals surface area contributed by atoms with E-state index in [1.807, 2.05) is 6.07 Å². The lowest BCUT2D eigenvalue weighted by Gasteiger charge is -2.42. The molecule has 22 heavy (non-hydrogen) atoms. The minimum absolute atomic E-state index is 0.0203. The summed E-state index contributed by atoms with van der Waals surface area (Å²) < 4.78 is 35.5. The number of nitrogens with one attached hydrogen (secondary N) is 1. The first kappa shape index (κ1) is 15.5. The van der Waals surface area contributed by atoms with Crippen molar-refractivity contribution in [1.29, 1.82) is 0 Å². The Balaban J connectivity index is 1.92. The molecule has 4 nitrogen and oxygen atoms in total. The van der Waals surface area contributed by atoms with Crippen LogP contribution in [0.4, 0.5) is 8.78 Å². The molecular weight excluding hydrogens is 290 g/mol. The minimum Gasteiger partial charge on any atom is -0.395 e. The van der Waals surface area contributed by atoms with E-state index in [1.165, 1.54) is 0 Å². The molecule has 0 saturated carbocycles. The quantitative estimate of drug-likeness (QED) is 0.910. The third-order valence-electron chi connectivity index (χ3n) is 4.08. The van der Waals surface area contributed by atoms with Crippen LogP contribution in [-0.4, -0.2) is 37.4 Å². The van der Waals surface area contributed by atoms with E-state index in [1.54, 1.807) is 12.1 Å². The summed E-state index contributed by atoms with van der Waals surface area (Å²) in [4.78, 5) is 2.40. The van der Waals surface area contributed by atoms with Crippen LogP contribution in [0.25, 0.3) is 0 Å². The van der Waals surface area contributed by atoms with Crippen LogP contribution in [0.3, 0.4) is 0 Å². The molecule has 2 aliphatic rings. The summed E-state index contributed by atoms with van der Waals surface area (Å²) >= 11 is 0. The summed E-state index contributed by atoms with van der Waals surface area (Å²) in [6.07, 6.45) is -3.56. The molecular formula is C16H22F2N2O2. The first-order valence-corrected chi connectivity index (χ1v) is 7.61. The molecule has 0 aliphatic carbocycles. The number of hydrogen-bond donors (Lipinski definition) is 1. The van der Waals surface area contributed by atoms with Crippen LogP contribution >= 0.6 is 0 Å². The van der Waals surface area contributed by atoms with Gasteiger partial charge in [0.1, 0.15) is 0 Å². The van der Waals surface area contributed by atoms with Crippen molar-refractivity contribution < 1.29 is 18.3 Å². The summed E-state index contributed by atoms with van der Waals surface area (Å²) in [5.41, 5.74) is 0.961. The average Bonchev–Trinajstić information content (AvgIpc) is 2.71. The number of halogens is 2. The molecule has 0 spiro atoms. The van der Waals surface area contributed by atoms with E-state index in [0.29, 0.717) is 0 Å². The molecule has 2 heterocycles. The van der Waals surface area contributed by atoms with Crippen molar-refractivity contribution in [1.82, 2.24) is 10.2 Å². The maximum absolute atomic E-state index is 13.2. The van der Waals surface area contributed by atoms with Crippen LogP contribution in [0.5, 0.6) is 11.5 Å². The lowest BCUT2D eigenvalue weighted by atomic mass is 9.81. The fraction of sp³-hybridized carbons (Fsp3) is 0.625. The number of ether oxygens (including phenoxy) is 2. The molecule has 1 N–H and O–H groups in total. The molecule has 0 amide bonds. The fourth-order valence-electron chi connectivity index (χ4n) is 3.33. The van der Waals surface area contributed by atoms with Gasteiger partial charge in [-0.1, -0.05) is 26.8 Å². The van der Waals surface area contributed by atoms with Crippen molar-refractivity contribution in [3.8, 4) is 11.5 Å². The molecule has 1 aromatic rings. The highest BCUT2D eigenvalue weighted by Gasteiger charge is 2.44. The Kier molecular flexibility index (Phi) is 3.77. The topological polar surface area (TPSA) is 33.7 Å². The summed E-state index contributed by atoms with van der Waals surface area (Å²) in [6, 6.07) is 5.26. The predicted octanol–water partition coefficient (Wildman–Crippen LogP) is 3.00. The maximum atomic E-state index is 13.2. The Labute approximate surface area is 129 Å². The standard InChI is InChI=1S/C16H22F2N2O2/c1-15(2,3)14(20-8-6-19-7-9-20)11-4-5-12-13(10-11)22-16(17,18)21-12/h4-5,10,14,19H,6-9H2,1-3H3/t14-/m0/s1. The fourth-order valence-corrected chi connectivity index (χ4v) is 3.33. The Bertz CT molecular complexity index is 552. The zero-order valence-electron chi connectivity index (χ0n) is 13.2. The number of benzene rings is 1. The van der Waals surface area contributed by atoms with Crippen molar-refractivity contribution in [3.63, 3.8) is 0 Å². The Morgan fingerprint density at radius 1 is 1.14 bits per heavy atom. The third kappa shape index (κ3) is 3.03. The lowest BCUT2D eigenvalue weighted by Crippen LogP contribution is -2.48. The SMILES string of the molecule is CC(C)(C)[C@H](c1ccc2c(c1)OC(F)(F)O2)N1CCNCC1. The van der Waals surface area contributed by atoms with Gasteiger partial charge < -0.3 is 14.8 Å². The van der Waals surface area contributed by atoms with E-state index < -0.39 is 6.29 Å². The molecule has 0 radical (unpaired) electrons. The number of rotatable bonds is 2. The number of piperazine rings is 1. The highest BCUT2D eigenvalue weighted by molar-refractivity contribution is 5.46. The molecule has 0 unspecified atom stereocenters. The summed E-state index contributed by atoms with van der Waals surface area (Å²) in [7, 11) is 0. The molecule has 2 aliphatic heterocycles. The second kappa shape index (κ2) is 5.35. The second-order valence-electron chi connectivity index (χ2n) is 6.93. The summed E-state index contributed by atoms with van der Waals surface area (Å²) in [6.45, 7) is 10.3. The Morgan fingerprint density at radius 2 is 1.77 bits per heavy atom. The van der Waals surface area contributed by atoms with Gasteiger partial charge >= 0.3 is 6.29 Å². The smallest absolute Gasteiger partial charge is 0.395 e. The predicted molar refractivity (Wildman–Crippen MR) is 79.3 cm³/mol. The van der Waals surface area contributed by atoms with Crippen molar-refractivity contribution in [2.24, 2.45) is 5.41 Å². The van der Waals surface area contributed by atoms with Gasteiger partial charge in [0.05, 0.1) is 0 Å². The van der Waals surface area contributed by atoms with Gasteiger partial charge in [0.2, 0.25) is 0 Å². The molecule has 0 aromatic heterocycles. The van der Waals surface area contributed by atoms with Crippen LogP contribution < -0.4 is 14.8 Å². The average molecular weight is 312 g/mol. The number of hydrogen-bond acceptors (Lipinski definition) is 4. The molecule has 122 valence electrons. The van der Waals surface area contributed by atoms with E-state index in [4.69, 9.17) is 0 Å². The first-order chi connectivity index (χ1) is 10.3. The highest BCUT2D eigenvalue weighted by atomic mass is 19.3. The summed E-state index contributed by atoms with van der Waals surface area (Å²) in [5, 5.41) is 3.34. The zero-order chi connectivity index (χ0) is 16.0. The normalized spacial score (nSPS) is 22.6. The van der Waals surface area contributed by atoms with Crippen LogP contribution in [0.15, 0.2) is 18.2 Å². The van der Waals surface area contributed by atoms with Crippen LogP contribution in [-0.2, 0) is 0 Å². The molecule has 0 bridgehead atoms. The minimum atomic E-state index is -3.56. The van der Waals surface area contributed by atoms with E-state index in [-0.39, 0.29) is 23.0 Å². The van der Waals surface area contributed by atoms with Crippen LogP contribution in [0, 0.1) is 5.41 Å². The molecule has 1 saturated heterocycles. The van der Waals surface area contributed by atoms with E-state index >= 15 is 0 Å². The number of fused-ring (bicyclic) bond motifs is 1. The van der Waals surface area contributed by atoms with Gasteiger partial charge in [0, 0.05) is 32.2 Å². The van der Waals surface area contributed by atoms with Crippen LogP contribution in [0.2, 0.25) is 0 Å². The Hall–Kier alpha value is -1.40. The van der Waals surface area contributed by atoms with Gasteiger partial charge in [-0.2, -0.15) is 0 Å². The molecule has 1 aromatic carbocycles. The van der Waals surface area contributed by atoms with Crippen molar-refractivity contribution in [2.75, 3.05) is 26.2 Å². The van der Waals surface area contributed by atoms with E-state index in [9.17, 15) is 8.78 Å². The lowest BCUT2D eigenvalue weighted by molar-refractivity contribution is -0.286. The van der Waals surface area contributed by atoms with E-state index in [0.717, 1.165) is 31.7 Å². The van der Waals surface area contributed by atoms with Gasteiger partial charge in [-0.25, -0.2) is 0 Å². The van der Waals surface area contributed by atoms with E-state index in [2.05, 4.69) is 40.5 Å². The van der Waals surface area contributed by atoms with Gasteiger partial charge in [0.15, 0.2) is 11.5 Å². The monoisotopic (exact) mass is 312 g/mol. The second-order valence-corrected chi connectivity index (χ2v) is 6.93. The molecule has 3 rings (SSSR count). The van der Waals surface area contributed by atoms with Gasteiger partial charge in [-0.05, 0) is 23.1 Å². The van der Waals surface area contributed by atoms with Gasteiger partial charge in [0.25, 0.3) is 0 Å². The third-order valence-corrected chi connectivity index (χ3v) is 4.08. The zero-order valence-corrected chi connectivity index (χ0v) is 13.2. The summed E-state index contributed by atoms with van der Waals surface area (Å²) in [5.74, 6) is 0.216.